The Morgan fingerprint density at radius 1 is 0.390 bits per heavy atom. The van der Waals surface area contributed by atoms with E-state index in [-0.39, 0.29) is 32.2 Å². The van der Waals surface area contributed by atoms with Gasteiger partial charge in [-0.05, 0) is 51.4 Å². The van der Waals surface area contributed by atoms with Gasteiger partial charge in [-0.1, -0.05) is 294 Å². The number of carboxylic acids is 1. The monoisotopic (exact) mass is 1090 g/mol. The minimum absolute atomic E-state index is 0.151. The first kappa shape index (κ1) is 74.5. The number of carbonyl (C=O) groups is 3. The molecule has 0 aliphatic carbocycles. The lowest BCUT2D eigenvalue weighted by Crippen LogP contribution is -2.44. The SMILES string of the molecule is CCCCCCC/C=C\C/C=C\C/C=C\CCCCCCCCCCCCCCCCCCCCCCCCCCC(=O)OC(COC(=O)CCCCCCCCCCCCCCC)COC(OCC[N+](C)(C)C)C(=O)[O-]. The second-order valence-corrected chi connectivity index (χ2v) is 23.8. The summed E-state index contributed by atoms with van der Waals surface area (Å²) in [7, 11) is 5.93. The molecule has 0 aromatic heterocycles. The van der Waals surface area contributed by atoms with Gasteiger partial charge in [0.25, 0.3) is 0 Å². The molecule has 0 N–H and O–H groups in total. The zero-order valence-electron chi connectivity index (χ0n) is 51.6. The lowest BCUT2D eigenvalue weighted by atomic mass is 10.0. The van der Waals surface area contributed by atoms with Crippen LogP contribution < -0.4 is 5.11 Å². The van der Waals surface area contributed by atoms with Crippen molar-refractivity contribution in [3.8, 4) is 0 Å². The Hall–Kier alpha value is -2.49. The lowest BCUT2D eigenvalue weighted by Gasteiger charge is -2.26. The van der Waals surface area contributed by atoms with Crippen LogP contribution in [0.25, 0.3) is 0 Å². The van der Waals surface area contributed by atoms with Gasteiger partial charge in [0.05, 0.1) is 40.3 Å². The molecule has 0 saturated heterocycles. The average molecular weight is 1090 g/mol. The van der Waals surface area contributed by atoms with Crippen LogP contribution in [0.5, 0.6) is 0 Å². The third-order valence-corrected chi connectivity index (χ3v) is 14.9. The Balaban J connectivity index is 3.92. The van der Waals surface area contributed by atoms with E-state index in [9.17, 15) is 19.5 Å². The number of rotatable bonds is 62. The summed E-state index contributed by atoms with van der Waals surface area (Å²) < 4.78 is 22.7. The maximum absolute atomic E-state index is 12.9. The summed E-state index contributed by atoms with van der Waals surface area (Å²) in [6.07, 6.45) is 71.0. The van der Waals surface area contributed by atoms with Crippen molar-refractivity contribution >= 4 is 17.9 Å². The van der Waals surface area contributed by atoms with Crippen molar-refractivity contribution < 1.29 is 42.9 Å². The van der Waals surface area contributed by atoms with Gasteiger partial charge >= 0.3 is 11.9 Å². The lowest BCUT2D eigenvalue weighted by molar-refractivity contribution is -0.870. The van der Waals surface area contributed by atoms with E-state index < -0.39 is 24.3 Å². The van der Waals surface area contributed by atoms with Crippen molar-refractivity contribution in [2.45, 2.75) is 334 Å². The average Bonchev–Trinajstić information content (AvgIpc) is 3.40. The van der Waals surface area contributed by atoms with Crippen molar-refractivity contribution in [3.63, 3.8) is 0 Å². The maximum atomic E-state index is 12.9. The number of unbranched alkanes of at least 4 members (excludes halogenated alkanes) is 41. The summed E-state index contributed by atoms with van der Waals surface area (Å²) in [5.41, 5.74) is 0. The number of allylic oxidation sites excluding steroid dienone is 6. The Morgan fingerprint density at radius 2 is 0.701 bits per heavy atom. The third kappa shape index (κ3) is 61.0. The first-order valence-electron chi connectivity index (χ1n) is 33.1. The summed E-state index contributed by atoms with van der Waals surface area (Å²) in [6.45, 7) is 4.78. The molecule has 0 aromatic rings. The zero-order valence-corrected chi connectivity index (χ0v) is 51.6. The Labute approximate surface area is 477 Å². The molecule has 2 atom stereocenters. The first-order chi connectivity index (χ1) is 37.6. The van der Waals surface area contributed by atoms with Gasteiger partial charge in [-0.2, -0.15) is 0 Å². The van der Waals surface area contributed by atoms with Crippen LogP contribution in [-0.2, 0) is 33.3 Å². The van der Waals surface area contributed by atoms with E-state index in [1.165, 1.54) is 244 Å². The molecule has 0 saturated carbocycles. The molecule has 0 amide bonds. The number of ether oxygens (including phenoxy) is 4. The van der Waals surface area contributed by atoms with Crippen molar-refractivity contribution in [1.29, 1.82) is 0 Å². The standard InChI is InChI=1S/C68H127NO8/c1-6-8-10-12-14-16-18-20-21-22-23-24-25-26-27-28-29-30-31-32-33-34-35-36-37-38-39-40-41-42-43-44-45-47-49-51-53-55-57-59-66(71)77-64(63-76-68(67(72)73)74-61-60-69(3,4)5)62-75-65(70)58-56-54-52-50-48-46-19-17-15-13-11-9-7-2/h18,20,22-23,25-26,64,68H,6-17,19,21,24,27-63H2,1-5H3/b20-18-,23-22-,26-25-. The Bertz CT molecular complexity index is 1360. The van der Waals surface area contributed by atoms with Gasteiger partial charge in [0, 0.05) is 12.8 Å². The summed E-state index contributed by atoms with van der Waals surface area (Å²) in [5, 5.41) is 11.8. The molecule has 77 heavy (non-hydrogen) atoms. The molecule has 0 radical (unpaired) electrons. The highest BCUT2D eigenvalue weighted by Crippen LogP contribution is 2.18. The van der Waals surface area contributed by atoms with Gasteiger partial charge in [-0.25, -0.2) is 0 Å². The second-order valence-electron chi connectivity index (χ2n) is 23.8. The minimum Gasteiger partial charge on any atom is -0.545 e. The van der Waals surface area contributed by atoms with E-state index in [0.717, 1.165) is 51.4 Å². The van der Waals surface area contributed by atoms with Crippen LogP contribution in [0.4, 0.5) is 0 Å². The third-order valence-electron chi connectivity index (χ3n) is 14.9. The van der Waals surface area contributed by atoms with E-state index in [4.69, 9.17) is 18.9 Å². The van der Waals surface area contributed by atoms with E-state index in [1.807, 2.05) is 21.1 Å². The maximum Gasteiger partial charge on any atom is 0.306 e. The van der Waals surface area contributed by atoms with Crippen molar-refractivity contribution in [2.75, 3.05) is 47.5 Å². The van der Waals surface area contributed by atoms with Crippen LogP contribution >= 0.6 is 0 Å². The molecule has 0 aromatic carbocycles. The van der Waals surface area contributed by atoms with Crippen LogP contribution in [-0.4, -0.2) is 82.3 Å². The first-order valence-corrected chi connectivity index (χ1v) is 33.1. The van der Waals surface area contributed by atoms with E-state index in [2.05, 4.69) is 50.3 Å². The van der Waals surface area contributed by atoms with E-state index >= 15 is 0 Å². The number of esters is 2. The van der Waals surface area contributed by atoms with Gasteiger partial charge in [0.2, 0.25) is 0 Å². The summed E-state index contributed by atoms with van der Waals surface area (Å²) >= 11 is 0. The molecular formula is C68H127NO8. The molecule has 0 fully saturated rings. The fraction of sp³-hybridized carbons (Fsp3) is 0.868. The van der Waals surface area contributed by atoms with Gasteiger partial charge in [0.15, 0.2) is 12.4 Å². The summed E-state index contributed by atoms with van der Waals surface area (Å²) in [4.78, 5) is 37.3. The van der Waals surface area contributed by atoms with Gasteiger partial charge < -0.3 is 33.3 Å². The largest absolute Gasteiger partial charge is 0.545 e. The van der Waals surface area contributed by atoms with Gasteiger partial charge in [-0.3, -0.25) is 9.59 Å². The summed E-state index contributed by atoms with van der Waals surface area (Å²) in [6, 6.07) is 0. The molecule has 9 heteroatoms. The highest BCUT2D eigenvalue weighted by atomic mass is 16.7. The Kier molecular flexibility index (Phi) is 57.7. The number of carboxylic acid groups (broad SMARTS) is 1. The van der Waals surface area contributed by atoms with Crippen molar-refractivity contribution in [3.05, 3.63) is 36.5 Å². The number of aliphatic carboxylic acids is 1. The predicted molar refractivity (Wildman–Crippen MR) is 325 cm³/mol. The molecule has 0 rings (SSSR count). The summed E-state index contributed by atoms with van der Waals surface area (Å²) in [5.74, 6) is -2.26. The van der Waals surface area contributed by atoms with Crippen LogP contribution in [0.1, 0.15) is 322 Å². The van der Waals surface area contributed by atoms with E-state index in [0.29, 0.717) is 17.4 Å². The molecule has 2 unspecified atom stereocenters. The van der Waals surface area contributed by atoms with Crippen molar-refractivity contribution in [2.24, 2.45) is 0 Å². The van der Waals surface area contributed by atoms with Crippen LogP contribution in [0.15, 0.2) is 36.5 Å². The number of nitrogens with zero attached hydrogens (tertiary/aromatic N) is 1. The molecule has 452 valence electrons. The highest BCUT2D eigenvalue weighted by molar-refractivity contribution is 5.70. The number of carbonyl (C=O) groups excluding carboxylic acids is 3. The predicted octanol–water partition coefficient (Wildman–Crippen LogP) is 18.7. The number of quaternary nitrogens is 1. The quantitative estimate of drug-likeness (QED) is 0.0195. The van der Waals surface area contributed by atoms with E-state index in [1.54, 1.807) is 0 Å². The van der Waals surface area contributed by atoms with Crippen molar-refractivity contribution in [1.82, 2.24) is 0 Å². The molecule has 0 spiro atoms. The highest BCUT2D eigenvalue weighted by Gasteiger charge is 2.22. The fourth-order valence-electron chi connectivity index (χ4n) is 9.78. The van der Waals surface area contributed by atoms with Gasteiger partial charge in [0.1, 0.15) is 13.2 Å². The van der Waals surface area contributed by atoms with Gasteiger partial charge in [-0.15, -0.1) is 0 Å². The van der Waals surface area contributed by atoms with Crippen LogP contribution in [0, 0.1) is 0 Å². The molecule has 0 heterocycles. The molecular weight excluding hydrogens is 959 g/mol. The smallest absolute Gasteiger partial charge is 0.306 e. The number of hydrogen-bond acceptors (Lipinski definition) is 8. The molecule has 0 bridgehead atoms. The molecule has 0 aliphatic rings. The fourth-order valence-corrected chi connectivity index (χ4v) is 9.78. The minimum atomic E-state index is -1.62. The normalized spacial score (nSPS) is 12.9. The second kappa shape index (κ2) is 59.6. The number of hydrogen-bond donors (Lipinski definition) is 0. The van der Waals surface area contributed by atoms with Crippen LogP contribution in [0.2, 0.25) is 0 Å². The van der Waals surface area contributed by atoms with Crippen LogP contribution in [0.3, 0.4) is 0 Å². The Morgan fingerprint density at radius 3 is 1.04 bits per heavy atom. The number of likely N-dealkylation sites (N-methyl/N-ethyl adjacent to an activating group) is 1. The topological polar surface area (TPSA) is 111 Å². The molecule has 9 nitrogen and oxygen atoms in total. The molecule has 0 aliphatic heterocycles. The zero-order chi connectivity index (χ0) is 56.2.